The average Bonchev–Trinajstić information content (AvgIpc) is 2.98. The van der Waals surface area contributed by atoms with E-state index in [-0.39, 0.29) is 5.69 Å². The van der Waals surface area contributed by atoms with E-state index < -0.39 is 0 Å². The fraction of sp³-hybridized carbons (Fsp3) is 0.150. The summed E-state index contributed by atoms with van der Waals surface area (Å²) in [5.41, 5.74) is 5.06. The highest BCUT2D eigenvalue weighted by molar-refractivity contribution is 7.98. The number of nitrogens with zero attached hydrogens (tertiary/aromatic N) is 3. The Bertz CT molecular complexity index is 1180. The normalized spacial score (nSPS) is 11.2. The van der Waals surface area contributed by atoms with Crippen molar-refractivity contribution in [3.8, 4) is 11.1 Å². The number of nitrogens with one attached hydrogen (secondary N) is 1. The number of halogens is 1. The largest absolute Gasteiger partial charge is 0.350 e. The van der Waals surface area contributed by atoms with E-state index in [1.165, 1.54) is 21.8 Å². The summed E-state index contributed by atoms with van der Waals surface area (Å²) in [4.78, 5) is 20.0. The molecule has 0 saturated heterocycles. The van der Waals surface area contributed by atoms with Gasteiger partial charge in [0.05, 0.1) is 5.69 Å². The number of rotatable bonds is 4. The minimum absolute atomic E-state index is 0.303. The molecule has 1 N–H and O–H groups in total. The van der Waals surface area contributed by atoms with Gasteiger partial charge in [-0.2, -0.15) is 9.61 Å². The molecule has 0 aliphatic rings. The van der Waals surface area contributed by atoms with Crippen molar-refractivity contribution in [3.05, 3.63) is 80.9 Å². The summed E-state index contributed by atoms with van der Waals surface area (Å²) in [6.07, 6.45) is 0. The van der Waals surface area contributed by atoms with Crippen LogP contribution >= 0.6 is 23.4 Å². The van der Waals surface area contributed by atoms with Gasteiger partial charge in [0.25, 0.3) is 0 Å². The Morgan fingerprint density at radius 3 is 2.59 bits per heavy atom. The highest BCUT2D eigenvalue weighted by Gasteiger charge is 2.16. The van der Waals surface area contributed by atoms with Gasteiger partial charge in [-0.15, -0.1) is 0 Å². The van der Waals surface area contributed by atoms with Gasteiger partial charge in [0, 0.05) is 16.3 Å². The zero-order valence-corrected chi connectivity index (χ0v) is 16.4. The smallest absolute Gasteiger partial charge is 0.285 e. The minimum Gasteiger partial charge on any atom is -0.285 e. The molecule has 0 spiro atoms. The number of aromatic nitrogens is 4. The van der Waals surface area contributed by atoms with Crippen LogP contribution in [0.2, 0.25) is 5.02 Å². The molecule has 5 nitrogen and oxygen atoms in total. The van der Waals surface area contributed by atoms with Crippen LogP contribution in [0.25, 0.3) is 16.8 Å². The van der Waals surface area contributed by atoms with Crippen LogP contribution in [0.3, 0.4) is 0 Å². The summed E-state index contributed by atoms with van der Waals surface area (Å²) in [6, 6.07) is 15.8. The molecular weight excluding hydrogens is 380 g/mol. The molecular formula is C20H17ClN4OS. The maximum absolute atomic E-state index is 12.5. The SMILES string of the molecule is Cc1ccc(-c2c(C)nn3c(=O)[nH]c(SCc4ccccc4Cl)nc23)cc1. The summed E-state index contributed by atoms with van der Waals surface area (Å²) in [7, 11) is 0. The zero-order chi connectivity index (χ0) is 19.0. The van der Waals surface area contributed by atoms with Crippen molar-refractivity contribution >= 4 is 29.0 Å². The Hall–Kier alpha value is -2.57. The van der Waals surface area contributed by atoms with Crippen molar-refractivity contribution in [2.45, 2.75) is 24.8 Å². The fourth-order valence-electron chi connectivity index (χ4n) is 2.92. The Labute approximate surface area is 165 Å². The summed E-state index contributed by atoms with van der Waals surface area (Å²) in [5.74, 6) is 0.617. The molecule has 136 valence electrons. The third-order valence-corrected chi connectivity index (χ3v) is 5.60. The lowest BCUT2D eigenvalue weighted by Gasteiger charge is -2.05. The second-order valence-corrected chi connectivity index (χ2v) is 7.66. The monoisotopic (exact) mass is 396 g/mol. The molecule has 0 aliphatic heterocycles. The molecule has 0 atom stereocenters. The first kappa shape index (κ1) is 17.8. The molecule has 2 heterocycles. The van der Waals surface area contributed by atoms with Crippen molar-refractivity contribution < 1.29 is 0 Å². The molecule has 27 heavy (non-hydrogen) atoms. The van der Waals surface area contributed by atoms with Crippen LogP contribution in [-0.2, 0) is 5.75 Å². The highest BCUT2D eigenvalue weighted by Crippen LogP contribution is 2.29. The maximum atomic E-state index is 12.5. The van der Waals surface area contributed by atoms with E-state index in [9.17, 15) is 4.79 Å². The third kappa shape index (κ3) is 3.50. The summed E-state index contributed by atoms with van der Waals surface area (Å²) in [5, 5.41) is 5.61. The van der Waals surface area contributed by atoms with Crippen molar-refractivity contribution in [2.75, 3.05) is 0 Å². The van der Waals surface area contributed by atoms with E-state index in [1.54, 1.807) is 0 Å². The highest BCUT2D eigenvalue weighted by atomic mass is 35.5. The fourth-order valence-corrected chi connectivity index (χ4v) is 4.05. The molecule has 0 bridgehead atoms. The van der Waals surface area contributed by atoms with E-state index in [1.807, 2.05) is 62.4 Å². The molecule has 0 amide bonds. The van der Waals surface area contributed by atoms with E-state index >= 15 is 0 Å². The van der Waals surface area contributed by atoms with Gasteiger partial charge >= 0.3 is 5.69 Å². The number of H-pyrrole nitrogens is 1. The Kier molecular flexibility index (Phi) is 4.76. The van der Waals surface area contributed by atoms with Crippen molar-refractivity contribution in [3.63, 3.8) is 0 Å². The van der Waals surface area contributed by atoms with Crippen LogP contribution in [0.5, 0.6) is 0 Å². The lowest BCUT2D eigenvalue weighted by Crippen LogP contribution is -2.19. The van der Waals surface area contributed by atoms with E-state index in [2.05, 4.69) is 15.1 Å². The van der Waals surface area contributed by atoms with Gasteiger partial charge in [0.2, 0.25) is 0 Å². The minimum atomic E-state index is -0.303. The van der Waals surface area contributed by atoms with Crippen LogP contribution in [0.1, 0.15) is 16.8 Å². The Morgan fingerprint density at radius 2 is 1.85 bits per heavy atom. The van der Waals surface area contributed by atoms with Gasteiger partial charge in [-0.05, 0) is 31.0 Å². The lowest BCUT2D eigenvalue weighted by atomic mass is 10.0. The molecule has 2 aromatic heterocycles. The lowest BCUT2D eigenvalue weighted by molar-refractivity contribution is 0.780. The number of aromatic amines is 1. The molecule has 0 radical (unpaired) electrons. The maximum Gasteiger partial charge on any atom is 0.350 e. The first-order chi connectivity index (χ1) is 13.0. The predicted octanol–water partition coefficient (Wildman–Crippen LogP) is 4.65. The van der Waals surface area contributed by atoms with Crippen molar-refractivity contribution in [2.24, 2.45) is 0 Å². The van der Waals surface area contributed by atoms with E-state index in [0.29, 0.717) is 21.6 Å². The molecule has 7 heteroatoms. The van der Waals surface area contributed by atoms with E-state index in [0.717, 1.165) is 22.4 Å². The first-order valence-corrected chi connectivity index (χ1v) is 9.82. The van der Waals surface area contributed by atoms with Gasteiger partial charge in [0.15, 0.2) is 10.8 Å². The summed E-state index contributed by atoms with van der Waals surface area (Å²) in [6.45, 7) is 3.93. The quantitative estimate of drug-likeness (QED) is 0.510. The van der Waals surface area contributed by atoms with Crippen molar-refractivity contribution in [1.29, 1.82) is 0 Å². The summed E-state index contributed by atoms with van der Waals surface area (Å²) >= 11 is 7.66. The topological polar surface area (TPSA) is 63.1 Å². The molecule has 4 aromatic rings. The molecule has 0 unspecified atom stereocenters. The van der Waals surface area contributed by atoms with Gasteiger partial charge in [-0.1, -0.05) is 71.4 Å². The Balaban J connectivity index is 1.76. The molecule has 2 aromatic carbocycles. The predicted molar refractivity (Wildman–Crippen MR) is 110 cm³/mol. The van der Waals surface area contributed by atoms with Crippen LogP contribution in [0, 0.1) is 13.8 Å². The number of hydrogen-bond donors (Lipinski definition) is 1. The average molecular weight is 397 g/mol. The van der Waals surface area contributed by atoms with Crippen LogP contribution in [0.15, 0.2) is 58.5 Å². The van der Waals surface area contributed by atoms with Gasteiger partial charge < -0.3 is 0 Å². The molecule has 0 saturated carbocycles. The molecule has 4 rings (SSSR count). The zero-order valence-electron chi connectivity index (χ0n) is 14.9. The van der Waals surface area contributed by atoms with Crippen molar-refractivity contribution in [1.82, 2.24) is 19.6 Å². The summed E-state index contributed by atoms with van der Waals surface area (Å²) < 4.78 is 1.32. The van der Waals surface area contributed by atoms with Gasteiger partial charge in [-0.3, -0.25) is 4.98 Å². The van der Waals surface area contributed by atoms with Gasteiger partial charge in [0.1, 0.15) is 0 Å². The second kappa shape index (κ2) is 7.21. The standard InChI is InChI=1S/C20H17ClN4OS/c1-12-7-9-14(10-8-12)17-13(2)24-25-18(17)22-19(23-20(25)26)27-11-15-5-3-4-6-16(15)21/h3-10H,11H2,1-2H3,(H,22,23,26). The number of benzene rings is 2. The number of hydrogen-bond acceptors (Lipinski definition) is 4. The first-order valence-electron chi connectivity index (χ1n) is 8.46. The van der Waals surface area contributed by atoms with Crippen LogP contribution in [-0.4, -0.2) is 19.6 Å². The number of aryl methyl sites for hydroxylation is 2. The van der Waals surface area contributed by atoms with Crippen LogP contribution < -0.4 is 5.69 Å². The van der Waals surface area contributed by atoms with Crippen LogP contribution in [0.4, 0.5) is 0 Å². The molecule has 0 fully saturated rings. The van der Waals surface area contributed by atoms with Gasteiger partial charge in [-0.25, -0.2) is 9.78 Å². The number of thioether (sulfide) groups is 1. The molecule has 0 aliphatic carbocycles. The number of fused-ring (bicyclic) bond motifs is 1. The third-order valence-electron chi connectivity index (χ3n) is 4.31. The second-order valence-electron chi connectivity index (χ2n) is 6.29. The van der Waals surface area contributed by atoms with E-state index in [4.69, 9.17) is 11.6 Å². The Morgan fingerprint density at radius 1 is 1.11 bits per heavy atom.